The Labute approximate surface area is 62.5 Å². The second-order valence-corrected chi connectivity index (χ2v) is 0.569. The summed E-state index contributed by atoms with van der Waals surface area (Å²) in [5, 5.41) is 0. The van der Waals surface area contributed by atoms with Crippen molar-refractivity contribution in [2.75, 3.05) is 0 Å². The number of allylic oxidation sites excluding steroid dienone is 2. The van der Waals surface area contributed by atoms with Crippen LogP contribution < -0.4 is 0 Å². The van der Waals surface area contributed by atoms with E-state index in [2.05, 4.69) is 20.1 Å². The van der Waals surface area contributed by atoms with E-state index in [1.54, 1.807) is 6.08 Å². The predicted octanol–water partition coefficient (Wildman–Crippen LogP) is 1.62. The van der Waals surface area contributed by atoms with Crippen molar-refractivity contribution in [2.24, 2.45) is 0 Å². The van der Waals surface area contributed by atoms with Gasteiger partial charge in [-0.1, -0.05) is 0 Å². The fourth-order valence-electron chi connectivity index (χ4n) is 0. The van der Waals surface area contributed by atoms with E-state index >= 15 is 0 Å². The average molecular weight is 106 g/mol. The van der Waals surface area contributed by atoms with Gasteiger partial charge in [0.2, 0.25) is 0 Å². The minimum atomic E-state index is 0. The standard InChI is InChI=1S/C4H7.C2H3.Mg/c1-3-4-2;1-2;/h3-4H,1H2,2H3;1H,2H2;/q2*-1;+2. The Bertz CT molecular complexity index is 27.2. The summed E-state index contributed by atoms with van der Waals surface area (Å²) in [6.07, 6.45) is 3.64. The fourth-order valence-corrected chi connectivity index (χ4v) is 0. The molecule has 0 atom stereocenters. The molecule has 7 heavy (non-hydrogen) atoms. The Hall–Kier alpha value is 0.116. The van der Waals surface area contributed by atoms with Crippen molar-refractivity contribution in [3.8, 4) is 0 Å². The van der Waals surface area contributed by atoms with Gasteiger partial charge < -0.3 is 6.58 Å². The minimum Gasteiger partial charge on any atom is -0.521 e. The second-order valence-electron chi connectivity index (χ2n) is 0.569. The van der Waals surface area contributed by atoms with E-state index in [4.69, 9.17) is 0 Å². The summed E-state index contributed by atoms with van der Waals surface area (Å²) in [6, 6.07) is 0. The van der Waals surface area contributed by atoms with Crippen LogP contribution in [0.4, 0.5) is 0 Å². The molecule has 0 rings (SSSR count). The summed E-state index contributed by atoms with van der Waals surface area (Å²) in [4.78, 5) is 0. The van der Waals surface area contributed by atoms with E-state index in [-0.39, 0.29) is 23.1 Å². The number of hydrogen-bond acceptors (Lipinski definition) is 0. The SMILES string of the molecule is [CH-]=C.[CH2-]C=CC.[Mg+2]. The van der Waals surface area contributed by atoms with Gasteiger partial charge in [0, 0.05) is 0 Å². The van der Waals surface area contributed by atoms with E-state index < -0.39 is 0 Å². The van der Waals surface area contributed by atoms with Gasteiger partial charge in [0.15, 0.2) is 0 Å². The number of rotatable bonds is 0. The first kappa shape index (κ1) is 15.7. The van der Waals surface area contributed by atoms with Crippen LogP contribution >= 0.6 is 0 Å². The molecule has 0 aromatic carbocycles. The molecule has 0 aliphatic heterocycles. The molecule has 0 aliphatic rings. The third kappa shape index (κ3) is 83.2. The molecule has 0 bridgehead atoms. The van der Waals surface area contributed by atoms with Crippen LogP contribution in [0.25, 0.3) is 0 Å². The summed E-state index contributed by atoms with van der Waals surface area (Å²) >= 11 is 0. The monoisotopic (exact) mass is 106 g/mol. The Morgan fingerprint density at radius 3 is 1.71 bits per heavy atom. The van der Waals surface area contributed by atoms with Crippen LogP contribution in [-0.4, -0.2) is 23.1 Å². The molecule has 0 unspecified atom stereocenters. The van der Waals surface area contributed by atoms with Crippen LogP contribution in [0, 0.1) is 13.5 Å². The van der Waals surface area contributed by atoms with Gasteiger partial charge in [-0.05, 0) is 0 Å². The summed E-state index contributed by atoms with van der Waals surface area (Å²) < 4.78 is 0. The van der Waals surface area contributed by atoms with E-state index in [1.165, 1.54) is 0 Å². The van der Waals surface area contributed by atoms with E-state index in [0.29, 0.717) is 0 Å². The van der Waals surface area contributed by atoms with Crippen LogP contribution in [0.2, 0.25) is 0 Å². The van der Waals surface area contributed by atoms with Crippen molar-refractivity contribution in [1.82, 2.24) is 0 Å². The van der Waals surface area contributed by atoms with Crippen LogP contribution in [-0.2, 0) is 0 Å². The zero-order valence-electron chi connectivity index (χ0n) is 4.85. The molecule has 0 amide bonds. The Morgan fingerprint density at radius 2 is 1.71 bits per heavy atom. The van der Waals surface area contributed by atoms with Gasteiger partial charge in [-0.15, -0.1) is 6.92 Å². The maximum absolute atomic E-state index is 4.25. The van der Waals surface area contributed by atoms with Gasteiger partial charge in [0.25, 0.3) is 0 Å². The van der Waals surface area contributed by atoms with Gasteiger partial charge in [0.1, 0.15) is 0 Å². The molecule has 0 aliphatic carbocycles. The maximum Gasteiger partial charge on any atom is 2.00 e. The normalized spacial score (nSPS) is 5.86. The van der Waals surface area contributed by atoms with Crippen molar-refractivity contribution in [1.29, 1.82) is 0 Å². The predicted molar refractivity (Wildman–Crippen MR) is 35.9 cm³/mol. The molecule has 0 spiro atoms. The topological polar surface area (TPSA) is 0 Å². The Morgan fingerprint density at radius 1 is 1.57 bits per heavy atom. The van der Waals surface area contributed by atoms with E-state index in [1.807, 2.05) is 13.0 Å². The molecule has 0 saturated heterocycles. The third-order valence-corrected chi connectivity index (χ3v) is 0.236. The first-order chi connectivity index (χ1) is 2.91. The quantitative estimate of drug-likeness (QED) is 0.325. The van der Waals surface area contributed by atoms with Gasteiger partial charge >= 0.3 is 23.1 Å². The van der Waals surface area contributed by atoms with Gasteiger partial charge in [0.05, 0.1) is 0 Å². The third-order valence-electron chi connectivity index (χ3n) is 0.236. The molecule has 0 radical (unpaired) electrons. The maximum atomic E-state index is 4.25. The first-order valence-electron chi connectivity index (χ1n) is 1.73. The largest absolute Gasteiger partial charge is 2.00 e. The van der Waals surface area contributed by atoms with Crippen LogP contribution in [0.3, 0.4) is 0 Å². The van der Waals surface area contributed by atoms with Crippen molar-refractivity contribution < 1.29 is 0 Å². The Kier molecular flexibility index (Phi) is 80.2. The molecular formula is C6H10Mg. The molecule has 1 heteroatoms. The van der Waals surface area contributed by atoms with E-state index in [9.17, 15) is 0 Å². The van der Waals surface area contributed by atoms with Crippen molar-refractivity contribution in [2.45, 2.75) is 6.92 Å². The first-order valence-corrected chi connectivity index (χ1v) is 1.73. The molecule has 0 saturated carbocycles. The van der Waals surface area contributed by atoms with Crippen molar-refractivity contribution in [3.63, 3.8) is 0 Å². The minimum absolute atomic E-state index is 0. The van der Waals surface area contributed by atoms with Crippen molar-refractivity contribution >= 4 is 23.1 Å². The summed E-state index contributed by atoms with van der Waals surface area (Å²) in [7, 11) is 0. The zero-order valence-corrected chi connectivity index (χ0v) is 6.27. The molecule has 0 fully saturated rings. The van der Waals surface area contributed by atoms with Crippen LogP contribution in [0.1, 0.15) is 6.92 Å². The summed E-state index contributed by atoms with van der Waals surface area (Å²) in [5.74, 6) is 0. The molecule has 0 nitrogen and oxygen atoms in total. The average Bonchev–Trinajstić information content (AvgIpc) is 1.72. The smallest absolute Gasteiger partial charge is 0.521 e. The van der Waals surface area contributed by atoms with Crippen LogP contribution in [0.15, 0.2) is 18.7 Å². The summed E-state index contributed by atoms with van der Waals surface area (Å²) in [5.41, 5.74) is 0. The molecule has 0 aromatic rings. The molecule has 0 aromatic heterocycles. The molecule has 0 heterocycles. The fraction of sp³-hybridized carbons (Fsp3) is 0.167. The van der Waals surface area contributed by atoms with Gasteiger partial charge in [-0.25, -0.2) is 19.1 Å². The zero-order chi connectivity index (χ0) is 5.41. The Balaban J connectivity index is -0.0000000480. The van der Waals surface area contributed by atoms with Crippen molar-refractivity contribution in [3.05, 3.63) is 32.2 Å². The molecule has 0 N–H and O–H groups in total. The number of hydrogen-bond donors (Lipinski definition) is 0. The van der Waals surface area contributed by atoms with Gasteiger partial charge in [-0.2, -0.15) is 0 Å². The molecular weight excluding hydrogens is 96.4 g/mol. The molecule has 36 valence electrons. The van der Waals surface area contributed by atoms with E-state index in [0.717, 1.165) is 0 Å². The summed E-state index contributed by atoms with van der Waals surface area (Å²) in [6.45, 7) is 12.4. The van der Waals surface area contributed by atoms with Gasteiger partial charge in [-0.3, -0.25) is 6.58 Å². The van der Waals surface area contributed by atoms with Crippen LogP contribution in [0.5, 0.6) is 0 Å². The second kappa shape index (κ2) is 35.7.